The third-order valence-corrected chi connectivity index (χ3v) is 4.37. The van der Waals surface area contributed by atoms with Crippen LogP contribution in [0, 0.1) is 5.82 Å². The molecule has 5 nitrogen and oxygen atoms in total. The van der Waals surface area contributed by atoms with Crippen LogP contribution in [0.15, 0.2) is 47.4 Å². The van der Waals surface area contributed by atoms with Crippen LogP contribution < -0.4 is 20.6 Å². The lowest BCUT2D eigenvalue weighted by Gasteiger charge is -2.17. The smallest absolute Gasteiger partial charge is 0.200 e. The van der Waals surface area contributed by atoms with Gasteiger partial charge in [-0.15, -0.1) is 24.8 Å². The zero-order valence-electron chi connectivity index (χ0n) is 16.3. The maximum Gasteiger partial charge on any atom is 0.200 e. The second-order valence-corrected chi connectivity index (χ2v) is 6.20. The van der Waals surface area contributed by atoms with Gasteiger partial charge in [0.25, 0.3) is 0 Å². The average molecular weight is 443 g/mol. The van der Waals surface area contributed by atoms with Gasteiger partial charge in [-0.05, 0) is 36.2 Å². The van der Waals surface area contributed by atoms with E-state index < -0.39 is 5.82 Å². The molecule has 0 radical (unpaired) electrons. The topological polar surface area (TPSA) is 66.5 Å². The van der Waals surface area contributed by atoms with Crippen molar-refractivity contribution in [3.05, 3.63) is 58.6 Å². The van der Waals surface area contributed by atoms with Crippen molar-refractivity contribution in [2.75, 3.05) is 20.3 Å². The number of ether oxygens (including phenoxy) is 2. The Labute approximate surface area is 181 Å². The first-order valence-electron chi connectivity index (χ1n) is 8.93. The summed E-state index contributed by atoms with van der Waals surface area (Å²) in [5.41, 5.74) is 6.92. The van der Waals surface area contributed by atoms with Crippen molar-refractivity contribution in [3.8, 4) is 22.6 Å². The van der Waals surface area contributed by atoms with Gasteiger partial charge >= 0.3 is 0 Å². The van der Waals surface area contributed by atoms with E-state index in [4.69, 9.17) is 15.2 Å². The molecule has 8 heteroatoms. The fourth-order valence-electron chi connectivity index (χ4n) is 3.08. The van der Waals surface area contributed by atoms with Crippen LogP contribution in [0.4, 0.5) is 4.39 Å². The molecule has 0 unspecified atom stereocenters. The Balaban J connectivity index is 0.00000210. The number of hydrogen-bond acceptors (Lipinski definition) is 4. The fraction of sp³-hybridized carbons (Fsp3) is 0.286. The van der Waals surface area contributed by atoms with Gasteiger partial charge in [-0.1, -0.05) is 19.1 Å². The molecule has 3 rings (SSSR count). The number of hydrogen-bond donors (Lipinski definition) is 1. The van der Waals surface area contributed by atoms with E-state index in [1.165, 1.54) is 6.07 Å². The van der Waals surface area contributed by atoms with Gasteiger partial charge in [0.15, 0.2) is 5.43 Å². The Morgan fingerprint density at radius 3 is 2.38 bits per heavy atom. The molecule has 0 bridgehead atoms. The molecule has 0 aliphatic carbocycles. The molecule has 3 aromatic rings. The molecular formula is C21H25Cl2FN2O3. The summed E-state index contributed by atoms with van der Waals surface area (Å²) in [5, 5.41) is 0.0189. The highest BCUT2D eigenvalue weighted by Gasteiger charge is 2.18. The van der Waals surface area contributed by atoms with Gasteiger partial charge in [0.1, 0.15) is 17.3 Å². The predicted molar refractivity (Wildman–Crippen MR) is 119 cm³/mol. The maximum atomic E-state index is 14.7. The molecule has 0 saturated heterocycles. The van der Waals surface area contributed by atoms with Crippen LogP contribution >= 0.6 is 24.8 Å². The summed E-state index contributed by atoms with van der Waals surface area (Å²) in [6.07, 6.45) is 2.53. The number of fused-ring (bicyclic) bond motifs is 1. The lowest BCUT2D eigenvalue weighted by molar-refractivity contribution is 0.319. The number of nitrogens with two attached hydrogens (primary N) is 1. The van der Waals surface area contributed by atoms with Crippen molar-refractivity contribution in [2.24, 2.45) is 5.73 Å². The lowest BCUT2D eigenvalue weighted by Crippen LogP contribution is -2.18. The molecule has 2 N–H and O–H groups in total. The van der Waals surface area contributed by atoms with Crippen molar-refractivity contribution in [3.63, 3.8) is 0 Å². The first kappa shape index (κ1) is 24.8. The van der Waals surface area contributed by atoms with Gasteiger partial charge in [-0.2, -0.15) is 0 Å². The number of methoxy groups -OCH3 is 1. The predicted octanol–water partition coefficient (Wildman–Crippen LogP) is 4.41. The SMILES string of the molecule is CCCOc1ccc(F)c2c(=O)c(-c3ccc(OC)cc3)cn(CCN)c12.Cl.Cl. The minimum atomic E-state index is -0.569. The lowest BCUT2D eigenvalue weighted by atomic mass is 10.0. The van der Waals surface area contributed by atoms with Gasteiger partial charge in [0.2, 0.25) is 0 Å². The molecule has 158 valence electrons. The highest BCUT2D eigenvalue weighted by Crippen LogP contribution is 2.29. The summed E-state index contributed by atoms with van der Waals surface area (Å²) in [7, 11) is 1.58. The van der Waals surface area contributed by atoms with Crippen molar-refractivity contribution in [1.82, 2.24) is 4.57 Å². The molecule has 0 aliphatic heterocycles. The Hall–Kier alpha value is -2.28. The van der Waals surface area contributed by atoms with Crippen LogP contribution in [0.1, 0.15) is 13.3 Å². The average Bonchev–Trinajstić information content (AvgIpc) is 2.69. The minimum Gasteiger partial charge on any atom is -0.497 e. The van der Waals surface area contributed by atoms with Crippen LogP contribution in [0.5, 0.6) is 11.5 Å². The highest BCUT2D eigenvalue weighted by molar-refractivity contribution is 5.89. The molecule has 1 heterocycles. The summed E-state index contributed by atoms with van der Waals surface area (Å²) in [4.78, 5) is 13.1. The van der Waals surface area contributed by atoms with Gasteiger partial charge in [0, 0.05) is 24.8 Å². The Morgan fingerprint density at radius 2 is 1.79 bits per heavy atom. The minimum absolute atomic E-state index is 0. The van der Waals surface area contributed by atoms with E-state index in [1.54, 1.807) is 48.2 Å². The Kier molecular flexibility index (Phi) is 9.43. The van der Waals surface area contributed by atoms with E-state index in [-0.39, 0.29) is 35.6 Å². The van der Waals surface area contributed by atoms with E-state index in [0.29, 0.717) is 47.8 Å². The zero-order valence-corrected chi connectivity index (χ0v) is 17.9. The number of rotatable bonds is 7. The van der Waals surface area contributed by atoms with E-state index >= 15 is 0 Å². The van der Waals surface area contributed by atoms with Crippen LogP contribution in [-0.2, 0) is 6.54 Å². The largest absolute Gasteiger partial charge is 0.497 e. The maximum absolute atomic E-state index is 14.7. The van der Waals surface area contributed by atoms with Crippen LogP contribution in [0.2, 0.25) is 0 Å². The molecule has 1 aromatic heterocycles. The number of pyridine rings is 1. The van der Waals surface area contributed by atoms with Crippen LogP contribution in [0.25, 0.3) is 22.0 Å². The van der Waals surface area contributed by atoms with Crippen molar-refractivity contribution in [2.45, 2.75) is 19.9 Å². The number of nitrogens with zero attached hydrogens (tertiary/aromatic N) is 1. The van der Waals surface area contributed by atoms with Gasteiger partial charge < -0.3 is 19.8 Å². The summed E-state index contributed by atoms with van der Waals surface area (Å²) in [6, 6.07) is 9.94. The highest BCUT2D eigenvalue weighted by atomic mass is 35.5. The summed E-state index contributed by atoms with van der Waals surface area (Å²) >= 11 is 0. The van der Waals surface area contributed by atoms with E-state index in [0.717, 1.165) is 6.42 Å². The van der Waals surface area contributed by atoms with Crippen LogP contribution in [0.3, 0.4) is 0 Å². The first-order chi connectivity index (χ1) is 13.1. The number of aromatic nitrogens is 1. The summed E-state index contributed by atoms with van der Waals surface area (Å²) in [5.74, 6) is 0.600. The molecule has 0 atom stereocenters. The normalized spacial score (nSPS) is 10.2. The number of benzene rings is 2. The Bertz CT molecular complexity index is 1010. The molecular weight excluding hydrogens is 418 g/mol. The third-order valence-electron chi connectivity index (χ3n) is 4.37. The standard InChI is InChI=1S/C21H23FN2O3.2ClH/c1-3-12-27-18-9-8-17(22)19-20(18)24(11-10-23)13-16(21(19)25)14-4-6-15(26-2)7-5-14;;/h4-9,13H,3,10-12,23H2,1-2H3;2*1H. The molecule has 0 saturated carbocycles. The second-order valence-electron chi connectivity index (χ2n) is 6.20. The van der Waals surface area contributed by atoms with Crippen molar-refractivity contribution < 1.29 is 13.9 Å². The van der Waals surface area contributed by atoms with Crippen molar-refractivity contribution >= 4 is 35.7 Å². The molecule has 29 heavy (non-hydrogen) atoms. The quantitative estimate of drug-likeness (QED) is 0.588. The van der Waals surface area contributed by atoms with Gasteiger partial charge in [-0.3, -0.25) is 4.79 Å². The summed E-state index contributed by atoms with van der Waals surface area (Å²) < 4.78 is 27.4. The van der Waals surface area contributed by atoms with E-state index in [9.17, 15) is 9.18 Å². The molecule has 0 amide bonds. The van der Waals surface area contributed by atoms with E-state index in [1.807, 2.05) is 6.92 Å². The molecule has 2 aromatic carbocycles. The first-order valence-corrected chi connectivity index (χ1v) is 8.93. The van der Waals surface area contributed by atoms with Crippen molar-refractivity contribution in [1.29, 1.82) is 0 Å². The Morgan fingerprint density at radius 1 is 1.10 bits per heavy atom. The van der Waals surface area contributed by atoms with Crippen LogP contribution in [-0.4, -0.2) is 24.8 Å². The van der Waals surface area contributed by atoms with Gasteiger partial charge in [0.05, 0.1) is 24.6 Å². The third kappa shape index (κ3) is 5.01. The number of halogens is 3. The fourth-order valence-corrected chi connectivity index (χ4v) is 3.08. The monoisotopic (exact) mass is 442 g/mol. The van der Waals surface area contributed by atoms with Gasteiger partial charge in [-0.25, -0.2) is 4.39 Å². The summed E-state index contributed by atoms with van der Waals surface area (Å²) in [6.45, 7) is 3.26. The second kappa shape index (κ2) is 11.0. The molecule has 0 fully saturated rings. The van der Waals surface area contributed by atoms with E-state index in [2.05, 4.69) is 0 Å². The molecule has 0 spiro atoms. The molecule has 0 aliphatic rings. The zero-order chi connectivity index (χ0) is 19.4.